The average molecular weight is 546 g/mol. The third kappa shape index (κ3) is 4.50. The molecule has 1 saturated heterocycles. The first kappa shape index (κ1) is 25.1. The molecule has 194 valence electrons. The van der Waals surface area contributed by atoms with Gasteiger partial charge in [-0.25, -0.2) is 13.1 Å². The Balaban J connectivity index is 1.30. The lowest BCUT2D eigenvalue weighted by Crippen LogP contribution is -2.51. The zero-order valence-corrected chi connectivity index (χ0v) is 22.5. The van der Waals surface area contributed by atoms with Gasteiger partial charge in [-0.2, -0.15) is 0 Å². The highest BCUT2D eigenvalue weighted by Gasteiger charge is 2.41. The Hall–Kier alpha value is -3.23. The number of hydrogen-bond acceptors (Lipinski definition) is 4. The van der Waals surface area contributed by atoms with Crippen LogP contribution in [-0.4, -0.2) is 50.3 Å². The molecule has 4 aromatic rings. The highest BCUT2D eigenvalue weighted by Crippen LogP contribution is 2.47. The maximum absolute atomic E-state index is 13.5. The zero-order valence-electron chi connectivity index (χ0n) is 21.0. The molecule has 38 heavy (non-hydrogen) atoms. The zero-order chi connectivity index (χ0) is 26.4. The number of nitrogens with zero attached hydrogens (tertiary/aromatic N) is 2. The van der Waals surface area contributed by atoms with Crippen LogP contribution in [0.3, 0.4) is 0 Å². The largest absolute Gasteiger partial charge is 0.336 e. The molecule has 1 fully saturated rings. The van der Waals surface area contributed by atoms with E-state index < -0.39 is 16.1 Å². The van der Waals surface area contributed by atoms with Crippen LogP contribution in [0.2, 0.25) is 5.02 Å². The second-order valence-electron chi connectivity index (χ2n) is 9.98. The van der Waals surface area contributed by atoms with Crippen LogP contribution in [0.4, 0.5) is 0 Å². The number of carbonyl (C=O) groups excluding carboxylic acids is 1. The predicted octanol–water partition coefficient (Wildman–Crippen LogP) is 5.33. The normalized spacial score (nSPS) is 19.7. The second kappa shape index (κ2) is 9.82. The van der Waals surface area contributed by atoms with Crippen LogP contribution < -0.4 is 4.72 Å². The minimum absolute atomic E-state index is 0.0291. The van der Waals surface area contributed by atoms with Crippen molar-refractivity contribution in [1.82, 2.24) is 14.5 Å². The molecule has 0 radical (unpaired) electrons. The maximum Gasteiger partial charge on any atom is 0.253 e. The first-order valence-corrected chi connectivity index (χ1v) is 14.6. The monoisotopic (exact) mass is 545 g/mol. The van der Waals surface area contributed by atoms with Crippen molar-refractivity contribution in [3.8, 4) is 0 Å². The fraction of sp³-hybridized carbons (Fsp3) is 0.233. The van der Waals surface area contributed by atoms with Gasteiger partial charge in [-0.05, 0) is 65.2 Å². The van der Waals surface area contributed by atoms with Crippen molar-refractivity contribution < 1.29 is 13.2 Å². The minimum Gasteiger partial charge on any atom is -0.336 e. The van der Waals surface area contributed by atoms with Gasteiger partial charge in [0, 0.05) is 36.8 Å². The maximum atomic E-state index is 13.5. The summed E-state index contributed by atoms with van der Waals surface area (Å²) in [6.07, 6.45) is 0. The standard InChI is InChI=1S/C30H28ClN3O3S/c1-20-8-10-22(11-9-20)30(35)34-18-16-33(17-19-34)29-26-7-3-5-21-4-2-6-25(27(21)26)28(29)32-38(36,37)24-14-12-23(31)13-15-24/h2-15,28-29,32H,16-19H2,1H3/t28-,29-/m0/s1. The summed E-state index contributed by atoms with van der Waals surface area (Å²) >= 11 is 6.00. The van der Waals surface area contributed by atoms with Crippen LogP contribution in [0, 0.1) is 6.92 Å². The fourth-order valence-corrected chi connectivity index (χ4v) is 7.07. The number of rotatable bonds is 5. The van der Waals surface area contributed by atoms with E-state index in [1.807, 2.05) is 54.3 Å². The summed E-state index contributed by atoms with van der Waals surface area (Å²) in [7, 11) is -3.81. The first-order valence-electron chi connectivity index (χ1n) is 12.7. The lowest BCUT2D eigenvalue weighted by molar-refractivity contribution is 0.0539. The van der Waals surface area contributed by atoms with Gasteiger partial charge in [0.2, 0.25) is 10.0 Å². The smallest absolute Gasteiger partial charge is 0.253 e. The Morgan fingerprint density at radius 1 is 0.842 bits per heavy atom. The number of benzene rings is 4. The Bertz CT molecular complexity index is 1610. The molecule has 1 N–H and O–H groups in total. The van der Waals surface area contributed by atoms with Gasteiger partial charge in [0.1, 0.15) is 0 Å². The number of aryl methyl sites for hydroxylation is 1. The highest BCUT2D eigenvalue weighted by molar-refractivity contribution is 7.89. The minimum atomic E-state index is -3.81. The number of amides is 1. The lowest BCUT2D eigenvalue weighted by atomic mass is 10.0. The molecular weight excluding hydrogens is 518 g/mol. The topological polar surface area (TPSA) is 69.7 Å². The number of nitrogens with one attached hydrogen (secondary N) is 1. The molecular formula is C30H28ClN3O3S. The molecule has 4 aromatic carbocycles. The molecule has 6 nitrogen and oxygen atoms in total. The van der Waals surface area contributed by atoms with Crippen LogP contribution in [0.5, 0.6) is 0 Å². The summed E-state index contributed by atoms with van der Waals surface area (Å²) < 4.78 is 30.0. The fourth-order valence-electron chi connectivity index (χ4n) is 5.72. The number of piperazine rings is 1. The van der Waals surface area contributed by atoms with Crippen molar-refractivity contribution in [2.75, 3.05) is 26.2 Å². The molecule has 2 atom stereocenters. The predicted molar refractivity (Wildman–Crippen MR) is 150 cm³/mol. The van der Waals surface area contributed by atoms with Crippen molar-refractivity contribution in [2.45, 2.75) is 23.9 Å². The number of halogens is 1. The summed E-state index contributed by atoms with van der Waals surface area (Å²) in [5.74, 6) is 0.0291. The first-order chi connectivity index (χ1) is 18.3. The molecule has 0 bridgehead atoms. The Morgan fingerprint density at radius 3 is 2.13 bits per heavy atom. The molecule has 8 heteroatoms. The molecule has 0 unspecified atom stereocenters. The molecule has 1 aliphatic carbocycles. The van der Waals surface area contributed by atoms with E-state index in [1.165, 1.54) is 12.1 Å². The van der Waals surface area contributed by atoms with Gasteiger partial charge >= 0.3 is 0 Å². The van der Waals surface area contributed by atoms with Crippen molar-refractivity contribution in [2.24, 2.45) is 0 Å². The Kier molecular flexibility index (Phi) is 6.48. The molecule has 1 heterocycles. The van der Waals surface area contributed by atoms with Gasteiger partial charge in [0.15, 0.2) is 0 Å². The van der Waals surface area contributed by atoms with E-state index in [9.17, 15) is 13.2 Å². The molecule has 0 saturated carbocycles. The summed E-state index contributed by atoms with van der Waals surface area (Å²) in [5, 5.41) is 2.67. The second-order valence-corrected chi connectivity index (χ2v) is 12.1. The van der Waals surface area contributed by atoms with Crippen LogP contribution in [0.1, 0.15) is 39.1 Å². The summed E-state index contributed by atoms with van der Waals surface area (Å²) in [5.41, 5.74) is 3.89. The number of hydrogen-bond donors (Lipinski definition) is 1. The summed E-state index contributed by atoms with van der Waals surface area (Å²) in [4.78, 5) is 17.5. The highest BCUT2D eigenvalue weighted by atomic mass is 35.5. The van der Waals surface area contributed by atoms with Crippen molar-refractivity contribution >= 4 is 38.3 Å². The van der Waals surface area contributed by atoms with Crippen molar-refractivity contribution in [3.05, 3.63) is 112 Å². The third-order valence-electron chi connectivity index (χ3n) is 7.64. The SMILES string of the molecule is Cc1ccc(C(=O)N2CCN([C@H]3c4cccc5cccc(c45)[C@@H]3NS(=O)(=O)c3ccc(Cl)cc3)CC2)cc1. The van der Waals surface area contributed by atoms with Gasteiger partial charge in [-0.3, -0.25) is 9.69 Å². The van der Waals surface area contributed by atoms with Gasteiger partial charge < -0.3 is 4.90 Å². The van der Waals surface area contributed by atoms with E-state index in [0.717, 1.165) is 27.5 Å². The Morgan fingerprint density at radius 2 is 1.47 bits per heavy atom. The van der Waals surface area contributed by atoms with Gasteiger partial charge in [0.25, 0.3) is 5.91 Å². The van der Waals surface area contributed by atoms with Gasteiger partial charge in [0.05, 0.1) is 17.0 Å². The van der Waals surface area contributed by atoms with Crippen molar-refractivity contribution in [3.63, 3.8) is 0 Å². The molecule has 0 spiro atoms. The van der Waals surface area contributed by atoms with Crippen LogP contribution >= 0.6 is 11.6 Å². The Labute approximate surface area is 227 Å². The van der Waals surface area contributed by atoms with Gasteiger partial charge in [-0.15, -0.1) is 0 Å². The van der Waals surface area contributed by atoms with E-state index in [0.29, 0.717) is 36.8 Å². The van der Waals surface area contributed by atoms with Crippen LogP contribution in [0.25, 0.3) is 10.8 Å². The molecule has 0 aromatic heterocycles. The van der Waals surface area contributed by atoms with E-state index in [2.05, 4.69) is 27.8 Å². The van der Waals surface area contributed by atoms with Crippen LogP contribution in [0.15, 0.2) is 89.8 Å². The number of sulfonamides is 1. The van der Waals surface area contributed by atoms with E-state index in [-0.39, 0.29) is 16.8 Å². The molecule has 6 rings (SSSR count). The van der Waals surface area contributed by atoms with E-state index in [1.54, 1.807) is 12.1 Å². The van der Waals surface area contributed by atoms with Crippen LogP contribution in [-0.2, 0) is 10.0 Å². The quantitative estimate of drug-likeness (QED) is 0.368. The summed E-state index contributed by atoms with van der Waals surface area (Å²) in [6.45, 7) is 4.45. The van der Waals surface area contributed by atoms with E-state index in [4.69, 9.17) is 11.6 Å². The van der Waals surface area contributed by atoms with E-state index >= 15 is 0 Å². The molecule has 1 aliphatic heterocycles. The molecule has 1 amide bonds. The van der Waals surface area contributed by atoms with Gasteiger partial charge in [-0.1, -0.05) is 65.7 Å². The number of carbonyl (C=O) groups is 1. The third-order valence-corrected chi connectivity index (χ3v) is 9.35. The summed E-state index contributed by atoms with van der Waals surface area (Å²) in [6, 6.07) is 25.5. The molecule has 2 aliphatic rings. The lowest BCUT2D eigenvalue weighted by Gasteiger charge is -2.40. The van der Waals surface area contributed by atoms with Crippen molar-refractivity contribution in [1.29, 1.82) is 0 Å². The average Bonchev–Trinajstić information content (AvgIpc) is 3.23.